The maximum absolute atomic E-state index is 12.0. The number of carbonyl (C=O) groups is 1. The lowest BCUT2D eigenvalue weighted by Gasteiger charge is -2.33. The van der Waals surface area contributed by atoms with Gasteiger partial charge in [0, 0.05) is 51.6 Å². The number of likely N-dealkylation sites (tertiary alicyclic amines) is 1. The molecule has 6 nitrogen and oxygen atoms in total. The zero-order valence-corrected chi connectivity index (χ0v) is 21.3. The maximum atomic E-state index is 12.0. The molecular weight excluding hydrogens is 509 g/mol. The summed E-state index contributed by atoms with van der Waals surface area (Å²) in [5.74, 6) is 2.07. The molecule has 0 aliphatic carbocycles. The third kappa shape index (κ3) is 8.63. The minimum atomic E-state index is 0. The number of nitrogens with zero attached hydrogens (tertiary/aromatic N) is 3. The van der Waals surface area contributed by atoms with Crippen molar-refractivity contribution in [3.05, 3.63) is 35.9 Å². The third-order valence-corrected chi connectivity index (χ3v) is 6.97. The van der Waals surface area contributed by atoms with Crippen LogP contribution in [0.2, 0.25) is 0 Å². The summed E-state index contributed by atoms with van der Waals surface area (Å²) in [5, 5.41) is 7.73. The Morgan fingerprint density at radius 3 is 2.57 bits per heavy atom. The number of guanidine groups is 1. The summed E-state index contributed by atoms with van der Waals surface area (Å²) in [5.41, 5.74) is 1.37. The van der Waals surface area contributed by atoms with E-state index < -0.39 is 0 Å². The molecule has 0 bridgehead atoms. The van der Waals surface area contributed by atoms with Crippen molar-refractivity contribution in [2.75, 3.05) is 46.0 Å². The third-order valence-electron chi connectivity index (χ3n) is 5.57. The molecule has 1 aromatic carbocycles. The van der Waals surface area contributed by atoms with Crippen molar-refractivity contribution in [1.82, 2.24) is 20.4 Å². The largest absolute Gasteiger partial charge is 0.355 e. The van der Waals surface area contributed by atoms with Gasteiger partial charge in [0.25, 0.3) is 0 Å². The van der Waals surface area contributed by atoms with Crippen LogP contribution in [0.4, 0.5) is 0 Å². The Morgan fingerprint density at radius 1 is 1.20 bits per heavy atom. The van der Waals surface area contributed by atoms with E-state index in [9.17, 15) is 4.79 Å². The highest BCUT2D eigenvalue weighted by Crippen LogP contribution is 2.25. The standard InChI is InChI=1S/C22H35N5OS.HI/c1-26(2)21(28)16-24-22(23-15-20-9-6-14-29-20)25-19-10-12-27(13-11-19)17-18-7-4-3-5-8-18;/h3-5,7-8,19-20H,6,9-17H2,1-2H3,(H2,23,24,25);1H. The number of likely N-dealkylation sites (N-methyl/N-ethyl adjacent to an activating group) is 1. The van der Waals surface area contributed by atoms with Crippen LogP contribution in [0.3, 0.4) is 0 Å². The van der Waals surface area contributed by atoms with E-state index in [1.54, 1.807) is 19.0 Å². The van der Waals surface area contributed by atoms with Crippen molar-refractivity contribution in [1.29, 1.82) is 0 Å². The van der Waals surface area contributed by atoms with Gasteiger partial charge < -0.3 is 15.5 Å². The zero-order valence-electron chi connectivity index (χ0n) is 18.2. The number of carbonyl (C=O) groups excluding carboxylic acids is 1. The molecule has 0 aromatic heterocycles. The summed E-state index contributed by atoms with van der Waals surface area (Å²) < 4.78 is 0. The molecule has 1 aromatic rings. The first-order chi connectivity index (χ1) is 14.1. The topological polar surface area (TPSA) is 60.0 Å². The molecule has 2 fully saturated rings. The van der Waals surface area contributed by atoms with Crippen molar-refractivity contribution in [2.24, 2.45) is 4.99 Å². The highest BCUT2D eigenvalue weighted by molar-refractivity contribution is 14.0. The fraction of sp³-hybridized carbons (Fsp3) is 0.636. The summed E-state index contributed by atoms with van der Waals surface area (Å²) in [6.07, 6.45) is 4.75. The first-order valence-corrected chi connectivity index (χ1v) is 11.8. The Kier molecular flexibility index (Phi) is 11.3. The van der Waals surface area contributed by atoms with Crippen molar-refractivity contribution < 1.29 is 4.79 Å². The number of aliphatic imine (C=N–C) groups is 1. The van der Waals surface area contributed by atoms with Gasteiger partial charge in [-0.1, -0.05) is 30.3 Å². The fourth-order valence-corrected chi connectivity index (χ4v) is 4.93. The summed E-state index contributed by atoms with van der Waals surface area (Å²) in [4.78, 5) is 20.6. The molecule has 0 saturated carbocycles. The van der Waals surface area contributed by atoms with Crippen LogP contribution in [0, 0.1) is 0 Å². The lowest BCUT2D eigenvalue weighted by molar-refractivity contribution is -0.127. The van der Waals surface area contributed by atoms with Crippen LogP contribution >= 0.6 is 35.7 Å². The van der Waals surface area contributed by atoms with Gasteiger partial charge in [0.2, 0.25) is 5.91 Å². The second kappa shape index (κ2) is 13.4. The van der Waals surface area contributed by atoms with Gasteiger partial charge in [-0.05, 0) is 37.0 Å². The first kappa shape index (κ1) is 25.3. The number of piperidine rings is 1. The van der Waals surface area contributed by atoms with E-state index >= 15 is 0 Å². The van der Waals surface area contributed by atoms with Gasteiger partial charge in [0.05, 0.1) is 0 Å². The van der Waals surface area contributed by atoms with Gasteiger partial charge >= 0.3 is 0 Å². The highest BCUT2D eigenvalue weighted by Gasteiger charge is 2.21. The molecule has 168 valence electrons. The number of amides is 1. The van der Waals surface area contributed by atoms with Gasteiger partial charge in [-0.2, -0.15) is 11.8 Å². The van der Waals surface area contributed by atoms with Gasteiger partial charge in [-0.3, -0.25) is 9.69 Å². The molecule has 0 radical (unpaired) electrons. The second-order valence-corrected chi connectivity index (χ2v) is 9.56. The zero-order chi connectivity index (χ0) is 20.5. The van der Waals surface area contributed by atoms with E-state index in [-0.39, 0.29) is 36.4 Å². The molecule has 1 unspecified atom stereocenters. The van der Waals surface area contributed by atoms with E-state index in [2.05, 4.69) is 50.9 Å². The van der Waals surface area contributed by atoms with Gasteiger partial charge in [-0.15, -0.1) is 24.0 Å². The van der Waals surface area contributed by atoms with Crippen molar-refractivity contribution >= 4 is 47.6 Å². The van der Waals surface area contributed by atoms with E-state index in [0.29, 0.717) is 11.3 Å². The smallest absolute Gasteiger partial charge is 0.243 e. The Hall–Kier alpha value is -1.000. The van der Waals surface area contributed by atoms with Crippen molar-refractivity contribution in [3.63, 3.8) is 0 Å². The number of hydrogen-bond acceptors (Lipinski definition) is 4. The molecule has 2 saturated heterocycles. The molecule has 3 rings (SSSR count). The van der Waals surface area contributed by atoms with E-state index in [1.165, 1.54) is 24.2 Å². The number of benzene rings is 1. The van der Waals surface area contributed by atoms with E-state index in [1.807, 2.05) is 11.8 Å². The number of thioether (sulfide) groups is 1. The molecule has 2 aliphatic heterocycles. The lowest BCUT2D eigenvalue weighted by atomic mass is 10.0. The number of halogens is 1. The summed E-state index contributed by atoms with van der Waals surface area (Å²) in [6, 6.07) is 11.1. The SMILES string of the molecule is CN(C)C(=O)CN=C(NCC1CCCS1)NC1CCN(Cc2ccccc2)CC1.I. The molecule has 30 heavy (non-hydrogen) atoms. The molecule has 1 atom stereocenters. The van der Waals surface area contributed by atoms with Crippen molar-refractivity contribution in [2.45, 2.75) is 43.5 Å². The van der Waals surface area contributed by atoms with Gasteiger partial charge in [0.1, 0.15) is 6.54 Å². The molecule has 2 N–H and O–H groups in total. The highest BCUT2D eigenvalue weighted by atomic mass is 127. The van der Waals surface area contributed by atoms with Crippen LogP contribution in [0.5, 0.6) is 0 Å². The molecule has 0 spiro atoms. The number of rotatable bonds is 7. The molecular formula is C22H36IN5OS. The second-order valence-electron chi connectivity index (χ2n) is 8.15. The Labute approximate surface area is 202 Å². The number of nitrogens with one attached hydrogen (secondary N) is 2. The van der Waals surface area contributed by atoms with Crippen LogP contribution in [0.15, 0.2) is 35.3 Å². The van der Waals surface area contributed by atoms with Crippen LogP contribution in [0.1, 0.15) is 31.2 Å². The Morgan fingerprint density at radius 2 is 1.93 bits per heavy atom. The quantitative estimate of drug-likeness (QED) is 0.314. The monoisotopic (exact) mass is 545 g/mol. The predicted molar refractivity (Wildman–Crippen MR) is 138 cm³/mol. The predicted octanol–water partition coefficient (Wildman–Crippen LogP) is 2.79. The summed E-state index contributed by atoms with van der Waals surface area (Å²) >= 11 is 2.03. The fourth-order valence-electron chi connectivity index (χ4n) is 3.73. The van der Waals surface area contributed by atoms with Gasteiger partial charge in [0.15, 0.2) is 5.96 Å². The minimum Gasteiger partial charge on any atom is -0.355 e. The molecule has 1 amide bonds. The summed E-state index contributed by atoms with van der Waals surface area (Å²) in [7, 11) is 3.55. The van der Waals surface area contributed by atoms with Crippen LogP contribution < -0.4 is 10.6 Å². The maximum Gasteiger partial charge on any atom is 0.243 e. The minimum absolute atomic E-state index is 0. The van der Waals surface area contributed by atoms with Crippen LogP contribution in [-0.2, 0) is 11.3 Å². The summed E-state index contributed by atoms with van der Waals surface area (Å²) in [6.45, 7) is 4.28. The first-order valence-electron chi connectivity index (χ1n) is 10.7. The van der Waals surface area contributed by atoms with Crippen LogP contribution in [0.25, 0.3) is 0 Å². The van der Waals surface area contributed by atoms with Crippen LogP contribution in [-0.4, -0.2) is 79.0 Å². The average Bonchev–Trinajstić information content (AvgIpc) is 3.25. The normalized spacial score (nSPS) is 20.5. The van der Waals surface area contributed by atoms with E-state index in [4.69, 9.17) is 0 Å². The molecule has 2 aliphatic rings. The Bertz CT molecular complexity index is 659. The van der Waals surface area contributed by atoms with E-state index in [0.717, 1.165) is 45.0 Å². The Balaban J connectivity index is 0.00000320. The average molecular weight is 546 g/mol. The van der Waals surface area contributed by atoms with Crippen molar-refractivity contribution in [3.8, 4) is 0 Å². The van der Waals surface area contributed by atoms with Gasteiger partial charge in [-0.25, -0.2) is 4.99 Å². The molecule has 2 heterocycles. The molecule has 8 heteroatoms. The lowest BCUT2D eigenvalue weighted by Crippen LogP contribution is -2.49. The number of hydrogen-bond donors (Lipinski definition) is 2.